The van der Waals surface area contributed by atoms with E-state index in [1.54, 1.807) is 11.8 Å². The van der Waals surface area contributed by atoms with Crippen LogP contribution in [0.4, 0.5) is 4.79 Å². The molecule has 1 aliphatic rings. The number of amides is 2. The quantitative estimate of drug-likeness (QED) is 0.802. The van der Waals surface area contributed by atoms with Crippen molar-refractivity contribution < 1.29 is 14.3 Å². The monoisotopic (exact) mass is 299 g/mol. The van der Waals surface area contributed by atoms with Gasteiger partial charge in [0.15, 0.2) is 0 Å². The molecule has 2 amide bonds. The minimum absolute atomic E-state index is 0.148. The van der Waals surface area contributed by atoms with Gasteiger partial charge in [-0.2, -0.15) is 0 Å². The first-order valence-corrected chi connectivity index (χ1v) is 7.87. The van der Waals surface area contributed by atoms with E-state index in [4.69, 9.17) is 10.5 Å². The molecule has 0 aromatic carbocycles. The highest BCUT2D eigenvalue weighted by molar-refractivity contribution is 5.77. The summed E-state index contributed by atoms with van der Waals surface area (Å²) < 4.78 is 4.97. The van der Waals surface area contributed by atoms with Gasteiger partial charge in [0.2, 0.25) is 5.91 Å². The highest BCUT2D eigenvalue weighted by atomic mass is 16.6. The van der Waals surface area contributed by atoms with E-state index in [-0.39, 0.29) is 17.9 Å². The summed E-state index contributed by atoms with van der Waals surface area (Å²) in [6.45, 7) is 9.26. The molecule has 0 radical (unpaired) electrons. The van der Waals surface area contributed by atoms with E-state index in [1.165, 1.54) is 0 Å². The van der Waals surface area contributed by atoms with Crippen LogP contribution in [0.1, 0.15) is 33.6 Å². The van der Waals surface area contributed by atoms with Crippen LogP contribution < -0.4 is 5.73 Å². The molecule has 1 atom stereocenters. The van der Waals surface area contributed by atoms with Crippen molar-refractivity contribution in [1.29, 1.82) is 0 Å². The second kappa shape index (κ2) is 8.87. The smallest absolute Gasteiger partial charge is 0.409 e. The van der Waals surface area contributed by atoms with Crippen LogP contribution in [0.2, 0.25) is 0 Å². The minimum atomic E-state index is -0.288. The van der Waals surface area contributed by atoms with E-state index in [2.05, 4.69) is 13.8 Å². The fourth-order valence-electron chi connectivity index (χ4n) is 2.66. The third kappa shape index (κ3) is 5.91. The summed E-state index contributed by atoms with van der Waals surface area (Å²) in [5, 5.41) is 0. The van der Waals surface area contributed by atoms with Crippen molar-refractivity contribution in [3.05, 3.63) is 0 Å². The van der Waals surface area contributed by atoms with Crippen molar-refractivity contribution in [2.45, 2.75) is 33.6 Å². The Kier molecular flexibility index (Phi) is 7.50. The number of hydrogen-bond acceptors (Lipinski definition) is 4. The van der Waals surface area contributed by atoms with Crippen molar-refractivity contribution in [3.8, 4) is 0 Å². The second-order valence-electron chi connectivity index (χ2n) is 6.00. The molecule has 6 heteroatoms. The fraction of sp³-hybridized carbons (Fsp3) is 0.867. The van der Waals surface area contributed by atoms with Gasteiger partial charge in [-0.25, -0.2) is 4.79 Å². The molecular weight excluding hydrogens is 270 g/mol. The Hall–Kier alpha value is -1.30. The lowest BCUT2D eigenvalue weighted by molar-refractivity contribution is -0.133. The van der Waals surface area contributed by atoms with Crippen LogP contribution in [-0.2, 0) is 9.53 Å². The predicted octanol–water partition coefficient (Wildman–Crippen LogP) is 1.30. The Bertz CT molecular complexity index is 339. The third-order valence-corrected chi connectivity index (χ3v) is 3.76. The average molecular weight is 299 g/mol. The van der Waals surface area contributed by atoms with Crippen molar-refractivity contribution in [1.82, 2.24) is 9.80 Å². The van der Waals surface area contributed by atoms with Crippen molar-refractivity contribution in [2.24, 2.45) is 17.6 Å². The number of hydrogen-bond donors (Lipinski definition) is 1. The molecule has 0 aliphatic carbocycles. The van der Waals surface area contributed by atoms with E-state index < -0.39 is 0 Å². The molecule has 1 rings (SSSR count). The van der Waals surface area contributed by atoms with Crippen molar-refractivity contribution in [2.75, 3.05) is 39.3 Å². The summed E-state index contributed by atoms with van der Waals surface area (Å²) in [5.74, 6) is 0.946. The van der Waals surface area contributed by atoms with Crippen LogP contribution in [0.3, 0.4) is 0 Å². The lowest BCUT2D eigenvalue weighted by atomic mass is 9.93. The summed E-state index contributed by atoms with van der Waals surface area (Å²) in [5.41, 5.74) is 5.75. The first-order valence-electron chi connectivity index (χ1n) is 7.87. The molecule has 1 saturated heterocycles. The average Bonchev–Trinajstić information content (AvgIpc) is 2.46. The number of carbonyl (C=O) groups is 2. The number of carbonyl (C=O) groups excluding carboxylic acids is 2. The molecular formula is C15H29N3O3. The molecule has 2 N–H and O–H groups in total. The third-order valence-electron chi connectivity index (χ3n) is 3.76. The van der Waals surface area contributed by atoms with Crippen LogP contribution in [0.25, 0.3) is 0 Å². The topological polar surface area (TPSA) is 75.9 Å². The van der Waals surface area contributed by atoms with Crippen LogP contribution in [0.15, 0.2) is 0 Å². The summed E-state index contributed by atoms with van der Waals surface area (Å²) in [6, 6.07) is 0. The van der Waals surface area contributed by atoms with E-state index in [0.29, 0.717) is 51.7 Å². The largest absolute Gasteiger partial charge is 0.450 e. The lowest BCUT2D eigenvalue weighted by Gasteiger charge is -2.34. The molecule has 1 heterocycles. The highest BCUT2D eigenvalue weighted by Gasteiger charge is 2.26. The zero-order valence-corrected chi connectivity index (χ0v) is 13.5. The molecule has 0 unspecified atom stereocenters. The van der Waals surface area contributed by atoms with Crippen LogP contribution in [0, 0.1) is 11.8 Å². The number of nitrogens with two attached hydrogens (primary N) is 1. The van der Waals surface area contributed by atoms with Crippen LogP contribution in [-0.4, -0.2) is 61.1 Å². The van der Waals surface area contributed by atoms with E-state index in [1.807, 2.05) is 4.90 Å². The zero-order chi connectivity index (χ0) is 15.8. The molecule has 0 saturated carbocycles. The molecule has 0 bridgehead atoms. The summed E-state index contributed by atoms with van der Waals surface area (Å²) in [6.07, 6.45) is 1.20. The molecule has 1 fully saturated rings. The van der Waals surface area contributed by atoms with E-state index in [0.717, 1.165) is 6.42 Å². The first-order chi connectivity index (χ1) is 9.97. The van der Waals surface area contributed by atoms with Crippen LogP contribution in [0.5, 0.6) is 0 Å². The fourth-order valence-corrected chi connectivity index (χ4v) is 2.66. The molecule has 21 heavy (non-hydrogen) atoms. The Morgan fingerprint density at radius 2 is 1.71 bits per heavy atom. The highest BCUT2D eigenvalue weighted by Crippen LogP contribution is 2.16. The molecule has 0 spiro atoms. The maximum absolute atomic E-state index is 12.3. The van der Waals surface area contributed by atoms with Gasteiger partial charge >= 0.3 is 6.09 Å². The Balaban J connectivity index is 2.39. The van der Waals surface area contributed by atoms with Gasteiger partial charge in [-0.15, -0.1) is 0 Å². The molecule has 1 aliphatic heterocycles. The standard InChI is InChI=1S/C15H29N3O3/c1-4-21-15(20)18-7-5-17(6-8-18)14(19)10-13(11-16)9-12(2)3/h12-13H,4-11,16H2,1-3H3/t13-/m0/s1. The first kappa shape index (κ1) is 17.8. The Labute approximate surface area is 127 Å². The number of ether oxygens (including phenoxy) is 1. The lowest BCUT2D eigenvalue weighted by Crippen LogP contribution is -2.51. The normalized spacial score (nSPS) is 17.0. The van der Waals surface area contributed by atoms with E-state index in [9.17, 15) is 9.59 Å². The second-order valence-corrected chi connectivity index (χ2v) is 6.00. The van der Waals surface area contributed by atoms with Gasteiger partial charge in [-0.05, 0) is 31.7 Å². The minimum Gasteiger partial charge on any atom is -0.450 e. The number of nitrogens with zero attached hydrogens (tertiary/aromatic N) is 2. The van der Waals surface area contributed by atoms with Gasteiger partial charge in [0.25, 0.3) is 0 Å². The maximum Gasteiger partial charge on any atom is 0.409 e. The predicted molar refractivity (Wildman–Crippen MR) is 81.8 cm³/mol. The Morgan fingerprint density at radius 3 is 2.19 bits per heavy atom. The summed E-state index contributed by atoms with van der Waals surface area (Å²) >= 11 is 0. The van der Waals surface area contributed by atoms with Gasteiger partial charge < -0.3 is 20.3 Å². The van der Waals surface area contributed by atoms with Crippen molar-refractivity contribution in [3.63, 3.8) is 0 Å². The van der Waals surface area contributed by atoms with Crippen molar-refractivity contribution >= 4 is 12.0 Å². The van der Waals surface area contributed by atoms with Gasteiger partial charge in [-0.1, -0.05) is 13.8 Å². The SMILES string of the molecule is CCOC(=O)N1CCN(C(=O)C[C@@H](CN)CC(C)C)CC1. The Morgan fingerprint density at radius 1 is 1.14 bits per heavy atom. The number of rotatable bonds is 6. The summed E-state index contributed by atoms with van der Waals surface area (Å²) in [4.78, 5) is 27.4. The van der Waals surface area contributed by atoms with Gasteiger partial charge in [0.05, 0.1) is 6.61 Å². The molecule has 0 aromatic rings. The molecule has 6 nitrogen and oxygen atoms in total. The number of piperazine rings is 1. The van der Waals surface area contributed by atoms with Gasteiger partial charge in [0, 0.05) is 32.6 Å². The summed E-state index contributed by atoms with van der Waals surface area (Å²) in [7, 11) is 0. The van der Waals surface area contributed by atoms with Gasteiger partial charge in [-0.3, -0.25) is 4.79 Å². The maximum atomic E-state index is 12.3. The zero-order valence-electron chi connectivity index (χ0n) is 13.5. The molecule has 122 valence electrons. The van der Waals surface area contributed by atoms with E-state index >= 15 is 0 Å². The van der Waals surface area contributed by atoms with Crippen LogP contribution >= 0.6 is 0 Å². The molecule has 0 aromatic heterocycles. The van der Waals surface area contributed by atoms with Gasteiger partial charge in [0.1, 0.15) is 0 Å².